The van der Waals surface area contributed by atoms with Gasteiger partial charge < -0.3 is 5.11 Å². The van der Waals surface area contributed by atoms with Gasteiger partial charge in [0, 0.05) is 0 Å². The number of rotatable bonds is 2. The summed E-state index contributed by atoms with van der Waals surface area (Å²) in [6.07, 6.45) is 1.41. The molecule has 0 aromatic carbocycles. The lowest BCUT2D eigenvalue weighted by Gasteiger charge is -1.91. The Morgan fingerprint density at radius 3 is 2.62 bits per heavy atom. The molecular weight excluding hydrogens is 104 g/mol. The normalized spacial score (nSPS) is 11.6. The lowest BCUT2D eigenvalue weighted by atomic mass is 10.2. The lowest BCUT2D eigenvalue weighted by molar-refractivity contribution is -0.139. The third-order valence-corrected chi connectivity index (χ3v) is 0.757. The Hall–Kier alpha value is -1.01. The van der Waals surface area contributed by atoms with E-state index in [0.29, 0.717) is 0 Å². The highest BCUT2D eigenvalue weighted by Gasteiger charge is 2.03. The molecule has 0 radical (unpaired) electrons. The van der Waals surface area contributed by atoms with Crippen molar-refractivity contribution in [3.63, 3.8) is 0 Å². The predicted molar refractivity (Wildman–Crippen MR) is 30.5 cm³/mol. The van der Waals surface area contributed by atoms with Crippen LogP contribution in [0.5, 0.6) is 0 Å². The number of carboxylic acid groups (broad SMARTS) is 1. The Kier molecular flexibility index (Phi) is 2.67. The first-order valence-corrected chi connectivity index (χ1v) is 2.27. The summed E-state index contributed by atoms with van der Waals surface area (Å²) in [7, 11) is 0. The summed E-state index contributed by atoms with van der Waals surface area (Å²) in [4.78, 5) is 9.99. The van der Waals surface area contributed by atoms with Crippen LogP contribution in [0.2, 0.25) is 0 Å². The molecule has 8 heavy (non-hydrogen) atoms. The van der Waals surface area contributed by atoms with Gasteiger partial charge in [0.25, 0.3) is 0 Å². The first-order valence-electron chi connectivity index (χ1n) is 2.27. The van der Waals surface area contributed by atoms with E-state index in [1.807, 2.05) is 0 Å². The van der Waals surface area contributed by atoms with Crippen LogP contribution in [0, 0.1) is 5.92 Å². The van der Waals surface area contributed by atoms with Gasteiger partial charge in [-0.1, -0.05) is 6.58 Å². The number of hydrogen-bond donors (Lipinski definition) is 1. The van der Waals surface area contributed by atoms with Crippen LogP contribution in [0.15, 0.2) is 18.4 Å². The molecule has 0 aliphatic rings. The molecule has 0 aromatic rings. The lowest BCUT2D eigenvalue weighted by Crippen LogP contribution is -2.04. The highest BCUT2D eigenvalue weighted by molar-refractivity contribution is 5.71. The fourth-order valence-electron chi connectivity index (χ4n) is 0.248. The first kappa shape index (κ1) is 6.99. The smallest absolute Gasteiger partial charge is 0.310 e. The zero-order valence-electron chi connectivity index (χ0n) is 4.72. The van der Waals surface area contributed by atoms with Crippen molar-refractivity contribution in [3.8, 4) is 0 Å². The first-order chi connectivity index (χ1) is 3.68. The molecular formula is C6H8O2. The minimum atomic E-state index is -0.846. The number of carboxylic acids is 1. The van der Waals surface area contributed by atoms with Crippen molar-refractivity contribution >= 4 is 5.97 Å². The monoisotopic (exact) mass is 112 g/mol. The van der Waals surface area contributed by atoms with Gasteiger partial charge in [-0.2, -0.15) is 0 Å². The van der Waals surface area contributed by atoms with E-state index < -0.39 is 11.9 Å². The fraction of sp³-hybridized carbons (Fsp3) is 0.333. The van der Waals surface area contributed by atoms with Crippen LogP contribution >= 0.6 is 0 Å². The summed E-state index contributed by atoms with van der Waals surface area (Å²) in [6, 6.07) is 0. The van der Waals surface area contributed by atoms with Crippen molar-refractivity contribution in [1.82, 2.24) is 0 Å². The minimum absolute atomic E-state index is 0.465. The highest BCUT2D eigenvalue weighted by Crippen LogP contribution is 1.93. The van der Waals surface area contributed by atoms with Crippen molar-refractivity contribution in [2.75, 3.05) is 0 Å². The maximum Gasteiger partial charge on any atom is 0.310 e. The van der Waals surface area contributed by atoms with Gasteiger partial charge >= 0.3 is 5.97 Å². The molecule has 1 unspecified atom stereocenters. The van der Waals surface area contributed by atoms with E-state index in [2.05, 4.69) is 12.3 Å². The maximum absolute atomic E-state index is 9.99. The van der Waals surface area contributed by atoms with Gasteiger partial charge in [-0.05, 0) is 13.0 Å². The van der Waals surface area contributed by atoms with Crippen LogP contribution in [0.25, 0.3) is 0 Å². The molecule has 0 amide bonds. The van der Waals surface area contributed by atoms with Gasteiger partial charge in [0.1, 0.15) is 0 Å². The number of hydrogen-bond acceptors (Lipinski definition) is 1. The molecule has 0 rings (SSSR count). The summed E-state index contributed by atoms with van der Waals surface area (Å²) in [5.41, 5.74) is 2.39. The quantitative estimate of drug-likeness (QED) is 0.542. The van der Waals surface area contributed by atoms with Gasteiger partial charge in [0.2, 0.25) is 0 Å². The molecule has 44 valence electrons. The molecule has 1 atom stereocenters. The summed E-state index contributed by atoms with van der Waals surface area (Å²) in [6.45, 7) is 4.81. The van der Waals surface area contributed by atoms with Gasteiger partial charge in [-0.15, -0.1) is 5.73 Å². The SMILES string of the molecule is C=C=CC(C)C(=O)O. The second kappa shape index (κ2) is 3.05. The topological polar surface area (TPSA) is 37.3 Å². The predicted octanol–water partition coefficient (Wildman–Crippen LogP) is 1.05. The van der Waals surface area contributed by atoms with Gasteiger partial charge in [-0.3, -0.25) is 4.79 Å². The van der Waals surface area contributed by atoms with Gasteiger partial charge in [0.05, 0.1) is 5.92 Å². The number of carbonyl (C=O) groups is 1. The van der Waals surface area contributed by atoms with E-state index in [-0.39, 0.29) is 0 Å². The zero-order chi connectivity index (χ0) is 6.57. The second-order valence-electron chi connectivity index (χ2n) is 1.50. The van der Waals surface area contributed by atoms with Crippen LogP contribution in [-0.2, 0) is 4.79 Å². The maximum atomic E-state index is 9.99. The Morgan fingerprint density at radius 2 is 2.50 bits per heavy atom. The molecule has 0 aliphatic carbocycles. The van der Waals surface area contributed by atoms with Crippen LogP contribution < -0.4 is 0 Å². The van der Waals surface area contributed by atoms with Crippen molar-refractivity contribution in [2.45, 2.75) is 6.92 Å². The molecule has 0 heterocycles. The average molecular weight is 112 g/mol. The summed E-state index contributed by atoms with van der Waals surface area (Å²) < 4.78 is 0. The molecule has 0 aromatic heterocycles. The van der Waals surface area contributed by atoms with E-state index >= 15 is 0 Å². The second-order valence-corrected chi connectivity index (χ2v) is 1.50. The summed E-state index contributed by atoms with van der Waals surface area (Å²) >= 11 is 0. The highest BCUT2D eigenvalue weighted by atomic mass is 16.4. The third-order valence-electron chi connectivity index (χ3n) is 0.757. The summed E-state index contributed by atoms with van der Waals surface area (Å²) in [5.74, 6) is -1.31. The van der Waals surface area contributed by atoms with E-state index in [4.69, 9.17) is 5.11 Å². The van der Waals surface area contributed by atoms with Crippen LogP contribution in [-0.4, -0.2) is 11.1 Å². The molecule has 0 saturated carbocycles. The Morgan fingerprint density at radius 1 is 2.00 bits per heavy atom. The average Bonchev–Trinajstić information content (AvgIpc) is 1.67. The third kappa shape index (κ3) is 2.21. The minimum Gasteiger partial charge on any atom is -0.481 e. The molecule has 0 spiro atoms. The fourth-order valence-corrected chi connectivity index (χ4v) is 0.248. The number of aliphatic carboxylic acids is 1. The Labute approximate surface area is 48.1 Å². The van der Waals surface area contributed by atoms with Crippen LogP contribution in [0.4, 0.5) is 0 Å². The molecule has 2 nitrogen and oxygen atoms in total. The van der Waals surface area contributed by atoms with E-state index in [9.17, 15) is 4.79 Å². The van der Waals surface area contributed by atoms with Gasteiger partial charge in [-0.25, -0.2) is 0 Å². The van der Waals surface area contributed by atoms with E-state index in [0.717, 1.165) is 0 Å². The van der Waals surface area contributed by atoms with Crippen molar-refractivity contribution < 1.29 is 9.90 Å². The molecule has 0 saturated heterocycles. The van der Waals surface area contributed by atoms with Crippen molar-refractivity contribution in [2.24, 2.45) is 5.92 Å². The van der Waals surface area contributed by atoms with E-state index in [1.165, 1.54) is 6.08 Å². The molecule has 2 heteroatoms. The Balaban J connectivity index is 3.82. The summed E-state index contributed by atoms with van der Waals surface area (Å²) in [5, 5.41) is 8.21. The van der Waals surface area contributed by atoms with Crippen LogP contribution in [0.3, 0.4) is 0 Å². The largest absolute Gasteiger partial charge is 0.481 e. The molecule has 0 fully saturated rings. The Bertz CT molecular complexity index is 129. The molecule has 1 N–H and O–H groups in total. The van der Waals surface area contributed by atoms with Crippen LogP contribution in [0.1, 0.15) is 6.92 Å². The van der Waals surface area contributed by atoms with Crippen molar-refractivity contribution in [1.29, 1.82) is 0 Å². The standard InChI is InChI=1S/C6H8O2/c1-3-4-5(2)6(7)8/h4-5H,1H2,2H3,(H,7,8). The zero-order valence-corrected chi connectivity index (χ0v) is 4.72. The molecule has 0 bridgehead atoms. The van der Waals surface area contributed by atoms with Gasteiger partial charge in [0.15, 0.2) is 0 Å². The van der Waals surface area contributed by atoms with E-state index in [1.54, 1.807) is 6.92 Å². The molecule has 0 aliphatic heterocycles. The van der Waals surface area contributed by atoms with Crippen molar-refractivity contribution in [3.05, 3.63) is 18.4 Å².